The van der Waals surface area contributed by atoms with E-state index in [-0.39, 0.29) is 12.6 Å². The van der Waals surface area contributed by atoms with Crippen molar-refractivity contribution in [3.63, 3.8) is 0 Å². The summed E-state index contributed by atoms with van der Waals surface area (Å²) >= 11 is 0. The highest BCUT2D eigenvalue weighted by Crippen LogP contribution is 2.41. The molecule has 3 heterocycles. The molecule has 238 valence electrons. The summed E-state index contributed by atoms with van der Waals surface area (Å²) in [6.45, 7) is 8.20. The van der Waals surface area contributed by atoms with E-state index in [0.29, 0.717) is 58.8 Å². The molecule has 2 fully saturated rings. The fourth-order valence-corrected chi connectivity index (χ4v) is 6.09. The SMILES string of the molecule is CCN(CC1CCCC1)c1ncc(-c2c(C)noc2C)nc1CN1C(=O)OC(c2cc(C(F)(F)F)cc(C(F)(F)F)c2)[C@@H]1C. The second kappa shape index (κ2) is 11.9. The average Bonchev–Trinajstić information content (AvgIpc) is 3.67. The van der Waals surface area contributed by atoms with Crippen molar-refractivity contribution >= 4 is 11.9 Å². The van der Waals surface area contributed by atoms with Gasteiger partial charge in [-0.3, -0.25) is 4.90 Å². The second-order valence-electron chi connectivity index (χ2n) is 11.4. The normalized spacial score (nSPS) is 19.6. The first-order valence-corrected chi connectivity index (χ1v) is 14.5. The molecule has 14 heteroatoms. The van der Waals surface area contributed by atoms with E-state index in [1.54, 1.807) is 20.0 Å². The number of carbonyl (C=O) groups excluding carboxylic acids is 1. The number of amides is 1. The Morgan fingerprint density at radius 3 is 2.20 bits per heavy atom. The summed E-state index contributed by atoms with van der Waals surface area (Å²) < 4.78 is 92.1. The molecule has 0 radical (unpaired) electrons. The molecule has 2 aliphatic rings. The van der Waals surface area contributed by atoms with Crippen molar-refractivity contribution in [1.82, 2.24) is 20.0 Å². The number of cyclic esters (lactones) is 1. The third-order valence-corrected chi connectivity index (χ3v) is 8.40. The second-order valence-corrected chi connectivity index (χ2v) is 11.4. The van der Waals surface area contributed by atoms with Crippen LogP contribution >= 0.6 is 0 Å². The van der Waals surface area contributed by atoms with E-state index in [2.05, 4.69) is 10.1 Å². The maximum absolute atomic E-state index is 13.6. The average molecular weight is 626 g/mol. The summed E-state index contributed by atoms with van der Waals surface area (Å²) in [5.74, 6) is 1.53. The standard InChI is InChI=1S/C30H33F6N5O3/c1-5-40(14-19-8-6-7-9-19)27-24(38-23(13-37-27)25-16(2)39-44-18(25)4)15-41-17(3)26(43-28(41)42)20-10-21(29(31,32)33)12-22(11-20)30(34,35)36/h10-13,17,19,26H,5-9,14-15H2,1-4H3/t17-,26?/m0/s1. The predicted octanol–water partition coefficient (Wildman–Crippen LogP) is 7.88. The molecule has 0 bridgehead atoms. The Hall–Kier alpha value is -3.84. The number of aromatic nitrogens is 3. The van der Waals surface area contributed by atoms with E-state index >= 15 is 0 Å². The van der Waals surface area contributed by atoms with Crippen molar-refractivity contribution in [3.05, 3.63) is 58.2 Å². The lowest BCUT2D eigenvalue weighted by atomic mass is 9.97. The number of hydrogen-bond donors (Lipinski definition) is 0. The summed E-state index contributed by atoms with van der Waals surface area (Å²) in [6, 6.07) is 0.316. The number of rotatable bonds is 8. The lowest BCUT2D eigenvalue weighted by Gasteiger charge is -2.29. The van der Waals surface area contributed by atoms with Crippen LogP contribution in [0.5, 0.6) is 0 Å². The monoisotopic (exact) mass is 625 g/mol. The Balaban J connectivity index is 1.52. The van der Waals surface area contributed by atoms with Gasteiger partial charge in [0.25, 0.3) is 0 Å². The van der Waals surface area contributed by atoms with Gasteiger partial charge in [-0.05, 0) is 70.2 Å². The number of nitrogens with zero attached hydrogens (tertiary/aromatic N) is 5. The zero-order valence-electron chi connectivity index (χ0n) is 24.7. The largest absolute Gasteiger partial charge is 0.439 e. The van der Waals surface area contributed by atoms with E-state index in [1.807, 2.05) is 6.92 Å². The van der Waals surface area contributed by atoms with Gasteiger partial charge in [0.05, 0.1) is 46.9 Å². The summed E-state index contributed by atoms with van der Waals surface area (Å²) in [5.41, 5.74) is -1.25. The number of ether oxygens (including phenoxy) is 1. The maximum Gasteiger partial charge on any atom is 0.416 e. The molecule has 2 aromatic heterocycles. The zero-order chi connectivity index (χ0) is 32.0. The van der Waals surface area contributed by atoms with Gasteiger partial charge < -0.3 is 14.2 Å². The van der Waals surface area contributed by atoms with E-state index in [0.717, 1.165) is 32.2 Å². The Bertz CT molecular complexity index is 1460. The number of alkyl halides is 6. The number of halogens is 6. The molecular formula is C30H33F6N5O3. The molecule has 2 atom stereocenters. The first-order chi connectivity index (χ1) is 20.7. The number of anilines is 1. The van der Waals surface area contributed by atoms with Crippen molar-refractivity contribution in [2.75, 3.05) is 18.0 Å². The number of benzene rings is 1. The number of aryl methyl sites for hydroxylation is 2. The molecule has 1 saturated heterocycles. The molecular weight excluding hydrogens is 592 g/mol. The molecule has 1 aliphatic heterocycles. The van der Waals surface area contributed by atoms with Gasteiger partial charge in [-0.1, -0.05) is 18.0 Å². The Labute approximate surface area is 250 Å². The van der Waals surface area contributed by atoms with Crippen LogP contribution in [-0.4, -0.2) is 45.2 Å². The molecule has 1 aliphatic carbocycles. The highest BCUT2D eigenvalue weighted by Gasteiger charge is 2.44. The minimum atomic E-state index is -5.03. The van der Waals surface area contributed by atoms with E-state index in [1.165, 1.54) is 11.8 Å². The Morgan fingerprint density at radius 2 is 1.66 bits per heavy atom. The highest BCUT2D eigenvalue weighted by atomic mass is 19.4. The fraction of sp³-hybridized carbons (Fsp3) is 0.533. The molecule has 1 saturated carbocycles. The van der Waals surface area contributed by atoms with Crippen LogP contribution in [0.4, 0.5) is 37.0 Å². The van der Waals surface area contributed by atoms with Gasteiger partial charge in [0.2, 0.25) is 0 Å². The van der Waals surface area contributed by atoms with Gasteiger partial charge in [-0.25, -0.2) is 14.8 Å². The summed E-state index contributed by atoms with van der Waals surface area (Å²) in [4.78, 5) is 26.1. The molecule has 44 heavy (non-hydrogen) atoms. The van der Waals surface area contributed by atoms with Crippen LogP contribution in [0.2, 0.25) is 0 Å². The fourth-order valence-electron chi connectivity index (χ4n) is 6.09. The minimum absolute atomic E-state index is 0.0501. The van der Waals surface area contributed by atoms with Crippen LogP contribution in [-0.2, 0) is 23.6 Å². The van der Waals surface area contributed by atoms with Crippen LogP contribution in [0.25, 0.3) is 11.3 Å². The van der Waals surface area contributed by atoms with Gasteiger partial charge in [0.15, 0.2) is 5.82 Å². The maximum atomic E-state index is 13.6. The predicted molar refractivity (Wildman–Crippen MR) is 148 cm³/mol. The van der Waals surface area contributed by atoms with Gasteiger partial charge in [0.1, 0.15) is 17.6 Å². The third-order valence-electron chi connectivity index (χ3n) is 8.40. The molecule has 3 aromatic rings. The van der Waals surface area contributed by atoms with E-state index in [9.17, 15) is 31.1 Å². The van der Waals surface area contributed by atoms with Crippen molar-refractivity contribution in [3.8, 4) is 11.3 Å². The topological polar surface area (TPSA) is 84.6 Å². The van der Waals surface area contributed by atoms with Crippen LogP contribution in [0, 0.1) is 19.8 Å². The number of carbonyl (C=O) groups is 1. The Morgan fingerprint density at radius 1 is 1.02 bits per heavy atom. The number of hydrogen-bond acceptors (Lipinski definition) is 7. The molecule has 0 spiro atoms. The van der Waals surface area contributed by atoms with Crippen molar-refractivity contribution < 1.29 is 40.4 Å². The van der Waals surface area contributed by atoms with E-state index < -0.39 is 47.3 Å². The zero-order valence-corrected chi connectivity index (χ0v) is 24.7. The lowest BCUT2D eigenvalue weighted by molar-refractivity contribution is -0.143. The van der Waals surface area contributed by atoms with Crippen LogP contribution in [0.3, 0.4) is 0 Å². The molecule has 1 amide bonds. The van der Waals surface area contributed by atoms with Crippen LogP contribution < -0.4 is 4.90 Å². The first kappa shape index (κ1) is 31.6. The summed E-state index contributed by atoms with van der Waals surface area (Å²) in [6.07, 6.45) is -6.25. The van der Waals surface area contributed by atoms with Gasteiger partial charge in [-0.15, -0.1) is 0 Å². The third kappa shape index (κ3) is 6.34. The van der Waals surface area contributed by atoms with Crippen molar-refractivity contribution in [2.24, 2.45) is 5.92 Å². The van der Waals surface area contributed by atoms with Gasteiger partial charge in [0, 0.05) is 13.1 Å². The summed E-state index contributed by atoms with van der Waals surface area (Å²) in [5, 5.41) is 3.99. The quantitative estimate of drug-likeness (QED) is 0.236. The highest BCUT2D eigenvalue weighted by molar-refractivity contribution is 5.72. The summed E-state index contributed by atoms with van der Waals surface area (Å²) in [7, 11) is 0. The van der Waals surface area contributed by atoms with Gasteiger partial charge in [-0.2, -0.15) is 26.3 Å². The van der Waals surface area contributed by atoms with E-state index in [4.69, 9.17) is 19.2 Å². The minimum Gasteiger partial charge on any atom is -0.439 e. The molecule has 1 unspecified atom stereocenters. The van der Waals surface area contributed by atoms with Crippen molar-refractivity contribution in [2.45, 2.75) is 84.4 Å². The molecule has 5 rings (SSSR count). The molecule has 1 aromatic carbocycles. The first-order valence-electron chi connectivity index (χ1n) is 14.5. The smallest absolute Gasteiger partial charge is 0.416 e. The molecule has 8 nitrogen and oxygen atoms in total. The van der Waals surface area contributed by atoms with Gasteiger partial charge >= 0.3 is 18.4 Å². The Kier molecular flexibility index (Phi) is 8.56. The van der Waals surface area contributed by atoms with Crippen LogP contribution in [0.1, 0.15) is 79.5 Å². The van der Waals surface area contributed by atoms with Crippen LogP contribution in [0.15, 0.2) is 28.9 Å². The molecule has 0 N–H and O–H groups in total. The lowest BCUT2D eigenvalue weighted by Crippen LogP contribution is -2.35. The van der Waals surface area contributed by atoms with Crippen molar-refractivity contribution in [1.29, 1.82) is 0 Å².